The Hall–Kier alpha value is -3.14. The van der Waals surface area contributed by atoms with Gasteiger partial charge in [-0.1, -0.05) is 48.5 Å². The molecule has 23 heavy (non-hydrogen) atoms. The molecule has 114 valence electrons. The summed E-state index contributed by atoms with van der Waals surface area (Å²) in [6.45, 7) is 0.523. The first-order chi connectivity index (χ1) is 11.2. The molecule has 0 saturated carbocycles. The number of hydrogen-bond donors (Lipinski definition) is 1. The Kier molecular flexibility index (Phi) is 4.34. The van der Waals surface area contributed by atoms with Crippen molar-refractivity contribution >= 4 is 5.97 Å². The first-order valence-corrected chi connectivity index (χ1v) is 7.19. The molecule has 1 heterocycles. The number of carboxylic acids is 1. The fraction of sp³-hybridized carbons (Fsp3) is 0.0526. The fourth-order valence-electron chi connectivity index (χ4n) is 2.18. The monoisotopic (exact) mass is 305 g/mol. The lowest BCUT2D eigenvalue weighted by atomic mass is 10.1. The highest BCUT2D eigenvalue weighted by Crippen LogP contribution is 2.22. The summed E-state index contributed by atoms with van der Waals surface area (Å²) in [5, 5.41) is 8.86. The molecule has 0 atom stereocenters. The Morgan fingerprint density at radius 3 is 2.22 bits per heavy atom. The van der Waals surface area contributed by atoms with Gasteiger partial charge in [-0.05, 0) is 29.3 Å². The van der Waals surface area contributed by atoms with E-state index in [1.54, 1.807) is 12.3 Å². The van der Waals surface area contributed by atoms with Crippen LogP contribution in [0.5, 0.6) is 5.75 Å². The summed E-state index contributed by atoms with van der Waals surface area (Å²) < 4.78 is 5.74. The van der Waals surface area contributed by atoms with Crippen LogP contribution < -0.4 is 4.74 Å². The van der Waals surface area contributed by atoms with E-state index in [9.17, 15) is 4.79 Å². The van der Waals surface area contributed by atoms with E-state index in [1.807, 2.05) is 54.6 Å². The van der Waals surface area contributed by atoms with E-state index in [4.69, 9.17) is 9.84 Å². The number of carboxylic acid groups (broad SMARTS) is 1. The molecule has 3 aromatic rings. The second-order valence-corrected chi connectivity index (χ2v) is 5.04. The van der Waals surface area contributed by atoms with Gasteiger partial charge in [-0.3, -0.25) is 0 Å². The molecular formula is C19H15NO3. The molecule has 0 unspecified atom stereocenters. The molecule has 1 aromatic heterocycles. The van der Waals surface area contributed by atoms with Crippen molar-refractivity contribution in [2.45, 2.75) is 6.61 Å². The maximum atomic E-state index is 10.8. The van der Waals surface area contributed by atoms with Crippen LogP contribution >= 0.6 is 0 Å². The molecule has 0 aliphatic rings. The second-order valence-electron chi connectivity index (χ2n) is 5.04. The highest BCUT2D eigenvalue weighted by atomic mass is 16.5. The first kappa shape index (κ1) is 14.8. The number of ether oxygens (including phenoxy) is 1. The lowest BCUT2D eigenvalue weighted by Gasteiger charge is -2.07. The number of nitrogens with zero attached hydrogens (tertiary/aromatic N) is 1. The molecule has 0 aliphatic heterocycles. The molecule has 3 rings (SSSR count). The SMILES string of the molecule is O=C(O)c1ccc(-c2ccc(OCc3ccccc3)cc2)cn1. The van der Waals surface area contributed by atoms with Gasteiger partial charge in [-0.15, -0.1) is 0 Å². The molecule has 0 saturated heterocycles. The molecule has 0 amide bonds. The lowest BCUT2D eigenvalue weighted by molar-refractivity contribution is 0.0690. The normalized spacial score (nSPS) is 10.3. The van der Waals surface area contributed by atoms with Crippen LogP contribution in [0.2, 0.25) is 0 Å². The van der Waals surface area contributed by atoms with Crippen molar-refractivity contribution in [3.05, 3.63) is 84.2 Å². The minimum atomic E-state index is -1.03. The van der Waals surface area contributed by atoms with Crippen LogP contribution in [0.15, 0.2) is 72.9 Å². The Balaban J connectivity index is 1.68. The van der Waals surface area contributed by atoms with Crippen molar-refractivity contribution in [2.24, 2.45) is 0 Å². The van der Waals surface area contributed by atoms with Crippen molar-refractivity contribution in [1.29, 1.82) is 0 Å². The van der Waals surface area contributed by atoms with Crippen molar-refractivity contribution < 1.29 is 14.6 Å². The minimum absolute atomic E-state index is 0.0385. The first-order valence-electron chi connectivity index (χ1n) is 7.19. The van der Waals surface area contributed by atoms with Crippen molar-refractivity contribution in [3.63, 3.8) is 0 Å². The lowest BCUT2D eigenvalue weighted by Crippen LogP contribution is -1.99. The van der Waals surface area contributed by atoms with Gasteiger partial charge in [0.15, 0.2) is 0 Å². The summed E-state index contributed by atoms with van der Waals surface area (Å²) in [6.07, 6.45) is 1.56. The van der Waals surface area contributed by atoms with Gasteiger partial charge in [0.25, 0.3) is 0 Å². The molecule has 0 spiro atoms. The Labute approximate surface area is 134 Å². The van der Waals surface area contributed by atoms with Gasteiger partial charge in [-0.2, -0.15) is 0 Å². The molecule has 1 N–H and O–H groups in total. The van der Waals surface area contributed by atoms with E-state index in [2.05, 4.69) is 4.98 Å². The number of pyridine rings is 1. The summed E-state index contributed by atoms with van der Waals surface area (Å²) in [6, 6.07) is 20.9. The number of benzene rings is 2. The third-order valence-electron chi connectivity index (χ3n) is 3.42. The summed E-state index contributed by atoms with van der Waals surface area (Å²) in [5.41, 5.74) is 2.98. The number of aromatic nitrogens is 1. The van der Waals surface area contributed by atoms with Gasteiger partial charge in [-0.25, -0.2) is 9.78 Å². The average molecular weight is 305 g/mol. The summed E-state index contributed by atoms with van der Waals surface area (Å²) in [5.74, 6) is -0.242. The van der Waals surface area contributed by atoms with Gasteiger partial charge in [0.2, 0.25) is 0 Å². The zero-order chi connectivity index (χ0) is 16.1. The summed E-state index contributed by atoms with van der Waals surface area (Å²) >= 11 is 0. The molecule has 0 fully saturated rings. The molecule has 2 aromatic carbocycles. The predicted octanol–water partition coefficient (Wildman–Crippen LogP) is 4.03. The third-order valence-corrected chi connectivity index (χ3v) is 3.42. The number of carbonyl (C=O) groups is 1. The van der Waals surface area contributed by atoms with Gasteiger partial charge in [0, 0.05) is 11.8 Å². The number of aromatic carboxylic acids is 1. The van der Waals surface area contributed by atoms with Crippen LogP contribution in [0.1, 0.15) is 16.1 Å². The van der Waals surface area contributed by atoms with Crippen LogP contribution in [-0.2, 0) is 6.61 Å². The Bertz CT molecular complexity index is 781. The van der Waals surface area contributed by atoms with Crippen LogP contribution in [0.4, 0.5) is 0 Å². The average Bonchev–Trinajstić information content (AvgIpc) is 2.61. The largest absolute Gasteiger partial charge is 0.489 e. The third kappa shape index (κ3) is 3.74. The Morgan fingerprint density at radius 1 is 0.913 bits per heavy atom. The maximum Gasteiger partial charge on any atom is 0.354 e. The smallest absolute Gasteiger partial charge is 0.354 e. The van der Waals surface area contributed by atoms with Crippen LogP contribution in [0.3, 0.4) is 0 Å². The van der Waals surface area contributed by atoms with E-state index in [0.29, 0.717) is 6.61 Å². The van der Waals surface area contributed by atoms with E-state index in [-0.39, 0.29) is 5.69 Å². The minimum Gasteiger partial charge on any atom is -0.489 e. The van der Waals surface area contributed by atoms with Crippen molar-refractivity contribution in [2.75, 3.05) is 0 Å². The molecule has 4 nitrogen and oxygen atoms in total. The molecule has 0 radical (unpaired) electrons. The van der Waals surface area contributed by atoms with E-state index >= 15 is 0 Å². The van der Waals surface area contributed by atoms with E-state index in [0.717, 1.165) is 22.4 Å². The van der Waals surface area contributed by atoms with Crippen LogP contribution in [0.25, 0.3) is 11.1 Å². The number of rotatable bonds is 5. The van der Waals surface area contributed by atoms with Gasteiger partial charge >= 0.3 is 5.97 Å². The molecule has 0 bridgehead atoms. The molecule has 0 aliphatic carbocycles. The highest BCUT2D eigenvalue weighted by molar-refractivity contribution is 5.85. The zero-order valence-electron chi connectivity index (χ0n) is 12.3. The molecular weight excluding hydrogens is 290 g/mol. The zero-order valence-corrected chi connectivity index (χ0v) is 12.3. The van der Waals surface area contributed by atoms with E-state index < -0.39 is 5.97 Å². The highest BCUT2D eigenvalue weighted by Gasteiger charge is 2.05. The topological polar surface area (TPSA) is 59.4 Å². The van der Waals surface area contributed by atoms with Gasteiger partial charge in [0.1, 0.15) is 18.1 Å². The summed E-state index contributed by atoms with van der Waals surface area (Å²) in [7, 11) is 0. The quantitative estimate of drug-likeness (QED) is 0.773. The maximum absolute atomic E-state index is 10.8. The van der Waals surface area contributed by atoms with Gasteiger partial charge < -0.3 is 9.84 Å². The van der Waals surface area contributed by atoms with Crippen LogP contribution in [-0.4, -0.2) is 16.1 Å². The van der Waals surface area contributed by atoms with Gasteiger partial charge in [0.05, 0.1) is 0 Å². The van der Waals surface area contributed by atoms with Crippen LogP contribution in [0, 0.1) is 0 Å². The fourth-order valence-corrected chi connectivity index (χ4v) is 2.18. The molecule has 4 heteroatoms. The predicted molar refractivity (Wildman–Crippen MR) is 87.4 cm³/mol. The standard InChI is InChI=1S/C19H15NO3/c21-19(22)18-11-8-16(12-20-18)15-6-9-17(10-7-15)23-13-14-4-2-1-3-5-14/h1-12H,13H2,(H,21,22). The van der Waals surface area contributed by atoms with Crippen molar-refractivity contribution in [3.8, 4) is 16.9 Å². The Morgan fingerprint density at radius 2 is 1.61 bits per heavy atom. The van der Waals surface area contributed by atoms with Crippen molar-refractivity contribution in [1.82, 2.24) is 4.98 Å². The summed E-state index contributed by atoms with van der Waals surface area (Å²) in [4.78, 5) is 14.7. The number of hydrogen-bond acceptors (Lipinski definition) is 3. The van der Waals surface area contributed by atoms with E-state index in [1.165, 1.54) is 6.07 Å². The second kappa shape index (κ2) is 6.75.